The lowest BCUT2D eigenvalue weighted by Crippen LogP contribution is -2.23. The van der Waals surface area contributed by atoms with Gasteiger partial charge in [-0.05, 0) is 17.8 Å². The van der Waals surface area contributed by atoms with Crippen LogP contribution < -0.4 is 0 Å². The number of rotatable bonds is 2. The lowest BCUT2D eigenvalue weighted by Gasteiger charge is -2.21. The Labute approximate surface area is 70.1 Å². The summed E-state index contributed by atoms with van der Waals surface area (Å²) < 4.78 is 5.73. The first-order valence-corrected chi connectivity index (χ1v) is 4.78. The molecule has 1 unspecified atom stereocenters. The number of hydrogen-bond donors (Lipinski definition) is 0. The summed E-state index contributed by atoms with van der Waals surface area (Å²) in [5.74, 6) is 2.24. The first kappa shape index (κ1) is 9.05. The molecule has 4 atom stereocenters. The van der Waals surface area contributed by atoms with Crippen LogP contribution in [0.15, 0.2) is 0 Å². The predicted octanol–water partition coefficient (Wildman–Crippen LogP) is 2.70. The quantitative estimate of drug-likeness (QED) is 0.597. The Hall–Kier alpha value is -0.0400. The minimum Gasteiger partial charge on any atom is -0.377 e. The second kappa shape index (κ2) is 3.57. The minimum absolute atomic E-state index is 0.523. The van der Waals surface area contributed by atoms with Crippen LogP contribution in [0.4, 0.5) is 0 Å². The van der Waals surface area contributed by atoms with E-state index in [9.17, 15) is 0 Å². The van der Waals surface area contributed by atoms with Gasteiger partial charge < -0.3 is 4.74 Å². The molecule has 1 heterocycles. The summed E-state index contributed by atoms with van der Waals surface area (Å²) in [7, 11) is 0. The van der Waals surface area contributed by atoms with Crippen LogP contribution in [-0.4, -0.2) is 12.7 Å². The molecule has 11 heavy (non-hydrogen) atoms. The molecule has 1 nitrogen and oxygen atoms in total. The molecule has 0 amide bonds. The molecule has 0 bridgehead atoms. The number of hydrogen-bond acceptors (Lipinski definition) is 1. The fraction of sp³-hybridized carbons (Fsp3) is 1.00. The van der Waals surface area contributed by atoms with E-state index >= 15 is 0 Å². The summed E-state index contributed by atoms with van der Waals surface area (Å²) in [5.41, 5.74) is 0. The van der Waals surface area contributed by atoms with Gasteiger partial charge in [-0.15, -0.1) is 0 Å². The molecular weight excluding hydrogens is 136 g/mol. The van der Waals surface area contributed by atoms with E-state index in [2.05, 4.69) is 27.7 Å². The molecule has 1 fully saturated rings. The zero-order chi connectivity index (χ0) is 8.43. The van der Waals surface area contributed by atoms with E-state index in [0.717, 1.165) is 24.4 Å². The maximum Gasteiger partial charge on any atom is 0.0629 e. The first-order chi connectivity index (χ1) is 5.16. The molecule has 0 aromatic rings. The van der Waals surface area contributed by atoms with E-state index in [4.69, 9.17) is 4.74 Å². The van der Waals surface area contributed by atoms with Crippen molar-refractivity contribution in [2.24, 2.45) is 17.8 Å². The summed E-state index contributed by atoms with van der Waals surface area (Å²) >= 11 is 0. The van der Waals surface area contributed by atoms with Crippen molar-refractivity contribution < 1.29 is 4.74 Å². The highest BCUT2D eigenvalue weighted by Gasteiger charge is 2.33. The van der Waals surface area contributed by atoms with E-state index in [1.54, 1.807) is 0 Å². The largest absolute Gasteiger partial charge is 0.377 e. The van der Waals surface area contributed by atoms with Crippen LogP contribution >= 0.6 is 0 Å². The van der Waals surface area contributed by atoms with E-state index in [1.807, 2.05) is 0 Å². The molecule has 1 aliphatic rings. The molecule has 0 saturated carbocycles. The van der Waals surface area contributed by atoms with Crippen LogP contribution in [-0.2, 0) is 4.74 Å². The maximum absolute atomic E-state index is 5.73. The Bertz CT molecular complexity index is 122. The molecule has 0 aromatic heterocycles. The van der Waals surface area contributed by atoms with E-state index in [1.165, 1.54) is 6.42 Å². The van der Waals surface area contributed by atoms with Gasteiger partial charge >= 0.3 is 0 Å². The van der Waals surface area contributed by atoms with Gasteiger partial charge in [0.25, 0.3) is 0 Å². The third kappa shape index (κ3) is 1.76. The highest BCUT2D eigenvalue weighted by atomic mass is 16.5. The Morgan fingerprint density at radius 1 is 1.45 bits per heavy atom. The van der Waals surface area contributed by atoms with Crippen LogP contribution in [0.5, 0.6) is 0 Å². The van der Waals surface area contributed by atoms with E-state index in [-0.39, 0.29) is 0 Å². The minimum atomic E-state index is 0.523. The smallest absolute Gasteiger partial charge is 0.0629 e. The monoisotopic (exact) mass is 156 g/mol. The topological polar surface area (TPSA) is 9.23 Å². The fourth-order valence-electron chi connectivity index (χ4n) is 1.81. The van der Waals surface area contributed by atoms with Gasteiger partial charge in [0.15, 0.2) is 0 Å². The zero-order valence-electron chi connectivity index (χ0n) is 8.13. The van der Waals surface area contributed by atoms with E-state index < -0.39 is 0 Å². The van der Waals surface area contributed by atoms with Crippen LogP contribution in [0.3, 0.4) is 0 Å². The molecule has 0 radical (unpaired) electrons. The summed E-state index contributed by atoms with van der Waals surface area (Å²) in [6.07, 6.45) is 1.76. The van der Waals surface area contributed by atoms with Gasteiger partial charge in [0.05, 0.1) is 6.10 Å². The second-order valence-electron chi connectivity index (χ2n) is 4.02. The normalized spacial score (nSPS) is 40.9. The molecular formula is C10H20O. The van der Waals surface area contributed by atoms with Crippen molar-refractivity contribution in [1.29, 1.82) is 0 Å². The molecule has 1 rings (SSSR count). The van der Waals surface area contributed by atoms with Crippen molar-refractivity contribution in [2.45, 2.75) is 40.2 Å². The average Bonchev–Trinajstić information content (AvgIpc) is 2.32. The van der Waals surface area contributed by atoms with Crippen LogP contribution in [0, 0.1) is 17.8 Å². The highest BCUT2D eigenvalue weighted by molar-refractivity contribution is 4.81. The lowest BCUT2D eigenvalue weighted by molar-refractivity contribution is 0.0499. The van der Waals surface area contributed by atoms with Gasteiger partial charge in [-0.3, -0.25) is 0 Å². The summed E-state index contributed by atoms with van der Waals surface area (Å²) in [6.45, 7) is 10.1. The highest BCUT2D eigenvalue weighted by Crippen LogP contribution is 2.31. The third-order valence-corrected chi connectivity index (χ3v) is 3.17. The van der Waals surface area contributed by atoms with Gasteiger partial charge in [0.1, 0.15) is 0 Å². The van der Waals surface area contributed by atoms with Gasteiger partial charge in [0, 0.05) is 6.61 Å². The Morgan fingerprint density at radius 2 is 2.09 bits per heavy atom. The van der Waals surface area contributed by atoms with Crippen molar-refractivity contribution in [2.75, 3.05) is 6.61 Å². The Kier molecular flexibility index (Phi) is 2.94. The standard InChI is InChI=1S/C10H20O/c1-5-7(2)10-9(4)8(3)6-11-10/h7-10H,5-6H2,1-4H3/t7?,8-,9+,10+/m0/s1. The second-order valence-corrected chi connectivity index (χ2v) is 4.02. The molecule has 0 spiro atoms. The molecule has 0 aromatic carbocycles. The third-order valence-electron chi connectivity index (χ3n) is 3.17. The molecule has 1 aliphatic heterocycles. The van der Waals surface area contributed by atoms with Crippen LogP contribution in [0.25, 0.3) is 0 Å². The summed E-state index contributed by atoms with van der Waals surface area (Å²) in [6, 6.07) is 0. The first-order valence-electron chi connectivity index (χ1n) is 4.78. The van der Waals surface area contributed by atoms with Gasteiger partial charge in [-0.2, -0.15) is 0 Å². The van der Waals surface area contributed by atoms with Crippen LogP contribution in [0.1, 0.15) is 34.1 Å². The molecule has 0 N–H and O–H groups in total. The molecule has 1 saturated heterocycles. The summed E-state index contributed by atoms with van der Waals surface area (Å²) in [5, 5.41) is 0. The van der Waals surface area contributed by atoms with E-state index in [0.29, 0.717) is 6.10 Å². The fourth-order valence-corrected chi connectivity index (χ4v) is 1.81. The lowest BCUT2D eigenvalue weighted by atomic mass is 9.87. The Morgan fingerprint density at radius 3 is 2.45 bits per heavy atom. The molecule has 66 valence electrons. The number of ether oxygens (including phenoxy) is 1. The predicted molar refractivity (Wildman–Crippen MR) is 47.5 cm³/mol. The molecule has 0 aliphatic carbocycles. The Balaban J connectivity index is 2.47. The SMILES string of the molecule is CCC(C)[C@H]1OC[C@H](C)[C@H]1C. The van der Waals surface area contributed by atoms with Gasteiger partial charge in [0.2, 0.25) is 0 Å². The van der Waals surface area contributed by atoms with Crippen molar-refractivity contribution >= 4 is 0 Å². The van der Waals surface area contributed by atoms with Crippen molar-refractivity contribution in [1.82, 2.24) is 0 Å². The van der Waals surface area contributed by atoms with Gasteiger partial charge in [-0.25, -0.2) is 0 Å². The van der Waals surface area contributed by atoms with Crippen LogP contribution in [0.2, 0.25) is 0 Å². The van der Waals surface area contributed by atoms with Crippen molar-refractivity contribution in [3.05, 3.63) is 0 Å². The van der Waals surface area contributed by atoms with Crippen molar-refractivity contribution in [3.63, 3.8) is 0 Å². The zero-order valence-corrected chi connectivity index (χ0v) is 8.13. The average molecular weight is 156 g/mol. The summed E-state index contributed by atoms with van der Waals surface area (Å²) in [4.78, 5) is 0. The maximum atomic E-state index is 5.73. The molecule has 1 heteroatoms. The van der Waals surface area contributed by atoms with Gasteiger partial charge in [-0.1, -0.05) is 34.1 Å². The van der Waals surface area contributed by atoms with Crippen molar-refractivity contribution in [3.8, 4) is 0 Å².